The summed E-state index contributed by atoms with van der Waals surface area (Å²) in [4.78, 5) is 2.71. The fraction of sp³-hybridized carbons (Fsp3) is 1.00. The molecule has 92 valence electrons. The van der Waals surface area contributed by atoms with E-state index in [4.69, 9.17) is 0 Å². The molecule has 0 aromatic carbocycles. The van der Waals surface area contributed by atoms with Crippen LogP contribution in [0.4, 0.5) is 0 Å². The van der Waals surface area contributed by atoms with Gasteiger partial charge in [0.1, 0.15) is 0 Å². The van der Waals surface area contributed by atoms with Gasteiger partial charge in [-0.2, -0.15) is 0 Å². The van der Waals surface area contributed by atoms with Crippen molar-refractivity contribution >= 4 is 0 Å². The summed E-state index contributed by atoms with van der Waals surface area (Å²) in [5.74, 6) is 0.968. The average molecular weight is 222 g/mol. The van der Waals surface area contributed by atoms with E-state index in [0.717, 1.165) is 24.0 Å². The minimum absolute atomic E-state index is 0.757. The molecule has 1 N–H and O–H groups in total. The van der Waals surface area contributed by atoms with Crippen molar-refractivity contribution in [2.45, 2.75) is 70.0 Å². The average Bonchev–Trinajstić information content (AvgIpc) is 2.94. The molecule has 0 aromatic heterocycles. The molecule has 2 heterocycles. The van der Waals surface area contributed by atoms with E-state index >= 15 is 0 Å². The van der Waals surface area contributed by atoms with Gasteiger partial charge in [0.15, 0.2) is 0 Å². The van der Waals surface area contributed by atoms with Crippen molar-refractivity contribution in [2.75, 3.05) is 13.1 Å². The molecule has 0 aromatic rings. The molecule has 0 spiro atoms. The third-order valence-electron chi connectivity index (χ3n) is 5.19. The van der Waals surface area contributed by atoms with Crippen LogP contribution in [0.5, 0.6) is 0 Å². The van der Waals surface area contributed by atoms with Gasteiger partial charge in [-0.15, -0.1) is 0 Å². The first-order chi connectivity index (χ1) is 7.84. The minimum Gasteiger partial charge on any atom is -0.310 e. The molecule has 16 heavy (non-hydrogen) atoms. The molecule has 2 saturated heterocycles. The zero-order chi connectivity index (χ0) is 11.0. The lowest BCUT2D eigenvalue weighted by molar-refractivity contribution is 0.271. The molecule has 0 amide bonds. The van der Waals surface area contributed by atoms with Crippen LogP contribution in [-0.4, -0.2) is 36.1 Å². The number of fused-ring (bicyclic) bond motifs is 1. The Morgan fingerprint density at radius 2 is 1.81 bits per heavy atom. The summed E-state index contributed by atoms with van der Waals surface area (Å²) >= 11 is 0. The molecule has 3 atom stereocenters. The zero-order valence-electron chi connectivity index (χ0n) is 10.6. The second kappa shape index (κ2) is 4.66. The van der Waals surface area contributed by atoms with Gasteiger partial charge in [-0.25, -0.2) is 0 Å². The summed E-state index contributed by atoms with van der Waals surface area (Å²) in [5, 5.41) is 3.95. The molecule has 3 fully saturated rings. The fourth-order valence-corrected chi connectivity index (χ4v) is 4.21. The summed E-state index contributed by atoms with van der Waals surface area (Å²) < 4.78 is 0. The summed E-state index contributed by atoms with van der Waals surface area (Å²) in [5.41, 5.74) is 0. The van der Waals surface area contributed by atoms with Gasteiger partial charge in [-0.05, 0) is 51.5 Å². The van der Waals surface area contributed by atoms with Crippen LogP contribution in [-0.2, 0) is 0 Å². The van der Waals surface area contributed by atoms with Crippen LogP contribution in [0.1, 0.15) is 51.9 Å². The predicted octanol–water partition coefficient (Wildman–Crippen LogP) is 2.39. The number of hydrogen-bond acceptors (Lipinski definition) is 2. The Balaban J connectivity index is 1.53. The summed E-state index contributed by atoms with van der Waals surface area (Å²) in [7, 11) is 0. The van der Waals surface area contributed by atoms with E-state index in [2.05, 4.69) is 17.1 Å². The van der Waals surface area contributed by atoms with Gasteiger partial charge >= 0.3 is 0 Å². The topological polar surface area (TPSA) is 15.3 Å². The first kappa shape index (κ1) is 11.0. The van der Waals surface area contributed by atoms with Crippen molar-refractivity contribution in [1.29, 1.82) is 0 Å². The number of rotatable bonds is 3. The van der Waals surface area contributed by atoms with Crippen molar-refractivity contribution in [3.05, 3.63) is 0 Å². The van der Waals surface area contributed by atoms with Gasteiger partial charge in [-0.1, -0.05) is 12.8 Å². The Morgan fingerprint density at radius 1 is 1.00 bits per heavy atom. The Bertz CT molecular complexity index is 235. The maximum absolute atomic E-state index is 3.95. The second-order valence-electron chi connectivity index (χ2n) is 6.14. The first-order valence-electron chi connectivity index (χ1n) is 7.35. The smallest absolute Gasteiger partial charge is 0.0250 e. The molecule has 0 bridgehead atoms. The van der Waals surface area contributed by atoms with Crippen molar-refractivity contribution in [1.82, 2.24) is 10.2 Å². The van der Waals surface area contributed by atoms with Gasteiger partial charge in [0, 0.05) is 24.7 Å². The van der Waals surface area contributed by atoms with Gasteiger partial charge in [-0.3, -0.25) is 4.90 Å². The summed E-state index contributed by atoms with van der Waals surface area (Å²) in [6, 6.07) is 2.44. The lowest BCUT2D eigenvalue weighted by Crippen LogP contribution is -2.45. The second-order valence-corrected chi connectivity index (χ2v) is 6.14. The minimum atomic E-state index is 0.757. The summed E-state index contributed by atoms with van der Waals surface area (Å²) in [6.07, 6.45) is 10.1. The Morgan fingerprint density at radius 3 is 2.62 bits per heavy atom. The van der Waals surface area contributed by atoms with Gasteiger partial charge in [0.05, 0.1) is 0 Å². The number of hydrogen-bond donors (Lipinski definition) is 1. The van der Waals surface area contributed by atoms with Crippen LogP contribution in [0.15, 0.2) is 0 Å². The van der Waals surface area contributed by atoms with E-state index in [0.29, 0.717) is 0 Å². The highest BCUT2D eigenvalue weighted by atomic mass is 15.2. The van der Waals surface area contributed by atoms with Crippen molar-refractivity contribution in [3.8, 4) is 0 Å². The highest BCUT2D eigenvalue weighted by Crippen LogP contribution is 2.31. The fourth-order valence-electron chi connectivity index (χ4n) is 4.21. The van der Waals surface area contributed by atoms with Crippen LogP contribution < -0.4 is 5.32 Å². The van der Waals surface area contributed by atoms with Crippen LogP contribution in [0.2, 0.25) is 0 Å². The third kappa shape index (κ3) is 2.02. The van der Waals surface area contributed by atoms with E-state index in [1.165, 1.54) is 58.0 Å². The van der Waals surface area contributed by atoms with Gasteiger partial charge in [0.25, 0.3) is 0 Å². The highest BCUT2D eigenvalue weighted by molar-refractivity contribution is 4.97. The van der Waals surface area contributed by atoms with Gasteiger partial charge in [0.2, 0.25) is 0 Å². The lowest BCUT2D eigenvalue weighted by atomic mass is 9.97. The zero-order valence-corrected chi connectivity index (χ0v) is 10.6. The maximum Gasteiger partial charge on any atom is 0.0250 e. The molecule has 3 aliphatic rings. The van der Waals surface area contributed by atoms with E-state index in [-0.39, 0.29) is 0 Å². The van der Waals surface area contributed by atoms with E-state index in [1.54, 1.807) is 0 Å². The Labute approximate surface area is 99.8 Å². The molecule has 2 aliphatic heterocycles. The SMILES string of the molecule is CC(NC1CCN2CCCC12)C1CCCC1. The van der Waals surface area contributed by atoms with Crippen molar-refractivity contribution in [2.24, 2.45) is 5.92 Å². The maximum atomic E-state index is 3.95. The number of nitrogens with zero attached hydrogens (tertiary/aromatic N) is 1. The standard InChI is InChI=1S/C14H26N2/c1-11(12-5-2-3-6-12)15-13-8-10-16-9-4-7-14(13)16/h11-15H,2-10H2,1H3. The molecule has 2 heteroatoms. The van der Waals surface area contributed by atoms with Crippen LogP contribution in [0.25, 0.3) is 0 Å². The normalized spacial score (nSPS) is 38.1. The third-order valence-corrected chi connectivity index (χ3v) is 5.19. The van der Waals surface area contributed by atoms with E-state index in [9.17, 15) is 0 Å². The van der Waals surface area contributed by atoms with Gasteiger partial charge < -0.3 is 5.32 Å². The molecule has 1 saturated carbocycles. The largest absolute Gasteiger partial charge is 0.310 e. The van der Waals surface area contributed by atoms with Crippen LogP contribution >= 0.6 is 0 Å². The molecule has 0 radical (unpaired) electrons. The predicted molar refractivity (Wildman–Crippen MR) is 67.6 cm³/mol. The molecule has 3 rings (SSSR count). The van der Waals surface area contributed by atoms with E-state index in [1.807, 2.05) is 0 Å². The monoisotopic (exact) mass is 222 g/mol. The number of nitrogens with one attached hydrogen (secondary N) is 1. The van der Waals surface area contributed by atoms with Crippen molar-refractivity contribution < 1.29 is 0 Å². The van der Waals surface area contributed by atoms with Crippen molar-refractivity contribution in [3.63, 3.8) is 0 Å². The molecule has 3 unspecified atom stereocenters. The molecule has 2 nitrogen and oxygen atoms in total. The molecular weight excluding hydrogens is 196 g/mol. The Hall–Kier alpha value is -0.0800. The van der Waals surface area contributed by atoms with Crippen LogP contribution in [0, 0.1) is 5.92 Å². The molecule has 1 aliphatic carbocycles. The lowest BCUT2D eigenvalue weighted by Gasteiger charge is -2.28. The van der Waals surface area contributed by atoms with E-state index < -0.39 is 0 Å². The highest BCUT2D eigenvalue weighted by Gasteiger charge is 2.38. The van der Waals surface area contributed by atoms with Crippen LogP contribution in [0.3, 0.4) is 0 Å². The first-order valence-corrected chi connectivity index (χ1v) is 7.35. The quantitative estimate of drug-likeness (QED) is 0.789. The molecular formula is C14H26N2. The Kier molecular flexibility index (Phi) is 3.21. The summed E-state index contributed by atoms with van der Waals surface area (Å²) in [6.45, 7) is 5.13.